The normalized spacial score (nSPS) is 15.9. The van der Waals surface area contributed by atoms with Gasteiger partial charge >= 0.3 is 0 Å². The van der Waals surface area contributed by atoms with Crippen LogP contribution in [0.25, 0.3) is 22.0 Å². The Morgan fingerprint density at radius 2 is 1.83 bits per heavy atom. The monoisotopic (exact) mass is 515 g/mol. The van der Waals surface area contributed by atoms with Crippen molar-refractivity contribution in [3.63, 3.8) is 0 Å². The van der Waals surface area contributed by atoms with Crippen molar-refractivity contribution in [2.24, 2.45) is 5.41 Å². The van der Waals surface area contributed by atoms with E-state index in [1.54, 1.807) is 4.57 Å². The molecule has 1 atom stereocenters. The quantitative estimate of drug-likeness (QED) is 0.363. The molecule has 3 aromatic rings. The van der Waals surface area contributed by atoms with Gasteiger partial charge in [0.1, 0.15) is 17.6 Å². The fourth-order valence-corrected chi connectivity index (χ4v) is 5.67. The lowest BCUT2D eigenvalue weighted by Crippen LogP contribution is -2.35. The van der Waals surface area contributed by atoms with Crippen molar-refractivity contribution in [3.05, 3.63) is 53.7 Å². The van der Waals surface area contributed by atoms with Crippen LogP contribution in [0, 0.1) is 11.2 Å². The van der Waals surface area contributed by atoms with Gasteiger partial charge in [-0.15, -0.1) is 0 Å². The largest absolute Gasteiger partial charge is 0.347 e. The lowest BCUT2D eigenvalue weighted by atomic mass is 9.96. The Morgan fingerprint density at radius 3 is 2.40 bits per heavy atom. The summed E-state index contributed by atoms with van der Waals surface area (Å²) >= 11 is 0. The van der Waals surface area contributed by atoms with E-state index in [1.807, 2.05) is 20.8 Å². The predicted molar refractivity (Wildman–Crippen MR) is 123 cm³/mol. The number of halogens is 5. The second kappa shape index (κ2) is 9.16. The molecule has 1 aromatic carbocycles. The maximum absolute atomic E-state index is 14.1. The van der Waals surface area contributed by atoms with Crippen molar-refractivity contribution in [2.75, 3.05) is 0 Å². The Hall–Kier alpha value is -2.53. The lowest BCUT2D eigenvalue weighted by Gasteiger charge is -2.20. The van der Waals surface area contributed by atoms with Gasteiger partial charge in [0.25, 0.3) is 12.9 Å². The molecule has 0 radical (unpaired) electrons. The van der Waals surface area contributed by atoms with Crippen LogP contribution in [-0.2, 0) is 16.6 Å². The van der Waals surface area contributed by atoms with E-state index in [0.29, 0.717) is 36.5 Å². The number of hydrogen-bond acceptors (Lipinski definition) is 3. The molecule has 1 saturated carbocycles. The minimum atomic E-state index is -3.92. The molecule has 0 spiro atoms. The van der Waals surface area contributed by atoms with Crippen LogP contribution >= 0.6 is 0 Å². The maximum Gasteiger partial charge on any atom is 0.280 e. The minimum Gasteiger partial charge on any atom is -0.347 e. The first-order valence-corrected chi connectivity index (χ1v) is 12.7. The van der Waals surface area contributed by atoms with Crippen LogP contribution in [0.5, 0.6) is 0 Å². The zero-order valence-electron chi connectivity index (χ0n) is 19.4. The molecule has 0 bridgehead atoms. The van der Waals surface area contributed by atoms with Gasteiger partial charge in [-0.2, -0.15) is 0 Å². The molecule has 1 aliphatic rings. The number of aromatic nitrogens is 2. The second-order valence-electron chi connectivity index (χ2n) is 10.1. The van der Waals surface area contributed by atoms with E-state index in [-0.39, 0.29) is 22.1 Å². The molecule has 1 aliphatic carbocycles. The SMILES string of the molecule is CC(C)(C)Cn1cc(C(NS(=O)(=O)C2CC2)C(F)F)c2ccc(-c3cc(F)cnc3C(F)F)cc21. The summed E-state index contributed by atoms with van der Waals surface area (Å²) in [7, 11) is -3.92. The predicted octanol–water partition coefficient (Wildman–Crippen LogP) is 6.21. The summed E-state index contributed by atoms with van der Waals surface area (Å²) in [6, 6.07) is 3.60. The third kappa shape index (κ3) is 5.50. The van der Waals surface area contributed by atoms with Crippen molar-refractivity contribution >= 4 is 20.9 Å². The third-order valence-corrected chi connectivity index (χ3v) is 7.73. The zero-order chi connectivity index (χ0) is 25.7. The topological polar surface area (TPSA) is 64.0 Å². The Balaban J connectivity index is 1.89. The summed E-state index contributed by atoms with van der Waals surface area (Å²) in [6.07, 6.45) is -2.93. The molecule has 5 nitrogen and oxygen atoms in total. The Kier molecular flexibility index (Phi) is 6.69. The Morgan fingerprint density at radius 1 is 1.14 bits per heavy atom. The van der Waals surface area contributed by atoms with Gasteiger partial charge in [-0.25, -0.2) is 35.1 Å². The van der Waals surface area contributed by atoms with Crippen molar-refractivity contribution in [1.29, 1.82) is 0 Å². The molecule has 1 N–H and O–H groups in total. The van der Waals surface area contributed by atoms with E-state index in [1.165, 1.54) is 24.4 Å². The molecule has 4 rings (SSSR count). The van der Waals surface area contributed by atoms with E-state index in [0.717, 1.165) is 6.07 Å². The van der Waals surface area contributed by atoms with Gasteiger partial charge in [0.2, 0.25) is 10.0 Å². The fourth-order valence-electron chi connectivity index (χ4n) is 4.13. The summed E-state index contributed by atoms with van der Waals surface area (Å²) in [5.74, 6) is -0.789. The van der Waals surface area contributed by atoms with E-state index < -0.39 is 45.7 Å². The summed E-state index contributed by atoms with van der Waals surface area (Å²) in [5, 5.41) is -0.323. The second-order valence-corrected chi connectivity index (χ2v) is 12.1. The van der Waals surface area contributed by atoms with Crippen LogP contribution in [0.1, 0.15) is 57.3 Å². The number of sulfonamides is 1. The van der Waals surface area contributed by atoms with E-state index in [2.05, 4.69) is 9.71 Å². The molecule has 0 saturated heterocycles. The fraction of sp³-hybridized carbons (Fsp3) is 0.458. The summed E-state index contributed by atoms with van der Waals surface area (Å²) < 4.78 is 98.0. The number of pyridine rings is 1. The van der Waals surface area contributed by atoms with E-state index >= 15 is 0 Å². The molecule has 190 valence electrons. The first kappa shape index (κ1) is 25.6. The van der Waals surface area contributed by atoms with Gasteiger partial charge in [-0.05, 0) is 36.0 Å². The van der Waals surface area contributed by atoms with Crippen LogP contribution in [0.2, 0.25) is 0 Å². The van der Waals surface area contributed by atoms with Gasteiger partial charge in [0.15, 0.2) is 0 Å². The van der Waals surface area contributed by atoms with Crippen LogP contribution in [-0.4, -0.2) is 29.6 Å². The molecule has 0 amide bonds. The van der Waals surface area contributed by atoms with E-state index in [9.17, 15) is 30.4 Å². The van der Waals surface area contributed by atoms with Gasteiger partial charge < -0.3 is 4.57 Å². The molecular weight excluding hydrogens is 489 g/mol. The van der Waals surface area contributed by atoms with Crippen molar-refractivity contribution < 1.29 is 30.4 Å². The molecule has 2 heterocycles. The highest BCUT2D eigenvalue weighted by Gasteiger charge is 2.40. The van der Waals surface area contributed by atoms with Crippen LogP contribution in [0.15, 0.2) is 36.7 Å². The van der Waals surface area contributed by atoms with Crippen molar-refractivity contribution in [3.8, 4) is 11.1 Å². The number of alkyl halides is 4. The van der Waals surface area contributed by atoms with Crippen LogP contribution in [0.3, 0.4) is 0 Å². The molecule has 0 aliphatic heterocycles. The van der Waals surface area contributed by atoms with Crippen molar-refractivity contribution in [2.45, 2.75) is 64.3 Å². The van der Waals surface area contributed by atoms with E-state index in [4.69, 9.17) is 0 Å². The minimum absolute atomic E-state index is 0.0847. The molecule has 35 heavy (non-hydrogen) atoms. The van der Waals surface area contributed by atoms with Crippen molar-refractivity contribution in [1.82, 2.24) is 14.3 Å². The third-order valence-electron chi connectivity index (χ3n) is 5.80. The smallest absolute Gasteiger partial charge is 0.280 e. The summed E-state index contributed by atoms with van der Waals surface area (Å²) in [5.41, 5.74) is -0.225. The summed E-state index contributed by atoms with van der Waals surface area (Å²) in [6.45, 7) is 6.19. The lowest BCUT2D eigenvalue weighted by molar-refractivity contribution is 0.109. The van der Waals surface area contributed by atoms with Crippen LogP contribution in [0.4, 0.5) is 22.0 Å². The molecular formula is C24H26F5N3O2S. The number of hydrogen-bond donors (Lipinski definition) is 1. The standard InChI is InChI=1S/C24H26F5N3O2S/c1-24(2,3)12-32-11-18(21(23(28)29)31-35(33,34)15-5-6-15)16-7-4-13(8-19(16)32)17-9-14(25)10-30-20(17)22(26)27/h4,7-11,15,21-23,31H,5-6,12H2,1-3H3. The average molecular weight is 516 g/mol. The zero-order valence-corrected chi connectivity index (χ0v) is 20.2. The highest BCUT2D eigenvalue weighted by atomic mass is 32.2. The van der Waals surface area contributed by atoms with Gasteiger partial charge in [0, 0.05) is 34.8 Å². The number of benzene rings is 1. The highest BCUT2D eigenvalue weighted by molar-refractivity contribution is 7.90. The van der Waals surface area contributed by atoms with Gasteiger partial charge in [0.05, 0.1) is 11.4 Å². The first-order valence-electron chi connectivity index (χ1n) is 11.1. The number of rotatable bonds is 8. The first-order chi connectivity index (χ1) is 16.3. The maximum atomic E-state index is 14.1. The molecule has 2 aromatic heterocycles. The summed E-state index contributed by atoms with van der Waals surface area (Å²) in [4.78, 5) is 3.53. The molecule has 11 heteroatoms. The number of nitrogens with zero attached hydrogens (tertiary/aromatic N) is 2. The Bertz CT molecular complexity index is 1350. The number of fused-ring (bicyclic) bond motifs is 1. The Labute approximate surface area is 200 Å². The average Bonchev–Trinajstić information content (AvgIpc) is 3.55. The molecule has 1 unspecified atom stereocenters. The highest BCUT2D eigenvalue weighted by Crippen LogP contribution is 2.38. The number of nitrogens with one attached hydrogen (secondary N) is 1. The molecule has 1 fully saturated rings. The van der Waals surface area contributed by atoms with Gasteiger partial charge in [-0.3, -0.25) is 4.98 Å². The van der Waals surface area contributed by atoms with Crippen LogP contribution < -0.4 is 4.72 Å². The van der Waals surface area contributed by atoms with Gasteiger partial charge in [-0.1, -0.05) is 32.9 Å².